The lowest BCUT2D eigenvalue weighted by atomic mass is 10.3. The predicted molar refractivity (Wildman–Crippen MR) is 60.7 cm³/mol. The number of amides is 1. The highest BCUT2D eigenvalue weighted by Crippen LogP contribution is 2.17. The number of nitrogens with one attached hydrogen (secondary N) is 1. The van der Waals surface area contributed by atoms with E-state index in [0.29, 0.717) is 4.67 Å². The van der Waals surface area contributed by atoms with E-state index < -0.39 is 17.5 Å². The summed E-state index contributed by atoms with van der Waals surface area (Å²) < 4.78 is 31.1. The van der Waals surface area contributed by atoms with Crippen LogP contribution in [0.1, 0.15) is 10.6 Å². The fourth-order valence-corrected chi connectivity index (χ4v) is 1.56. The first kappa shape index (κ1) is 11.8. The van der Waals surface area contributed by atoms with Crippen molar-refractivity contribution >= 4 is 27.5 Å². The van der Waals surface area contributed by atoms with Gasteiger partial charge in [-0.15, -0.1) is 0 Å². The van der Waals surface area contributed by atoms with E-state index in [4.69, 9.17) is 4.42 Å². The molecule has 6 heteroatoms. The first-order chi connectivity index (χ1) is 8.04. The van der Waals surface area contributed by atoms with Crippen LogP contribution in [0.5, 0.6) is 0 Å². The first-order valence-corrected chi connectivity index (χ1v) is 5.37. The molecule has 1 aromatic carbocycles. The molecule has 0 aliphatic rings. The Morgan fingerprint density at radius 2 is 1.82 bits per heavy atom. The number of carbonyl (C=O) groups excluding carboxylic acids is 1. The van der Waals surface area contributed by atoms with Crippen LogP contribution in [-0.2, 0) is 0 Å². The van der Waals surface area contributed by atoms with Crippen molar-refractivity contribution in [3.63, 3.8) is 0 Å². The third-order valence-electron chi connectivity index (χ3n) is 1.92. The van der Waals surface area contributed by atoms with Crippen molar-refractivity contribution in [2.75, 3.05) is 5.32 Å². The third-order valence-corrected chi connectivity index (χ3v) is 2.34. The van der Waals surface area contributed by atoms with Gasteiger partial charge in [0, 0.05) is 11.8 Å². The number of halogens is 3. The van der Waals surface area contributed by atoms with E-state index >= 15 is 0 Å². The average molecular weight is 302 g/mol. The zero-order valence-electron chi connectivity index (χ0n) is 8.34. The lowest BCUT2D eigenvalue weighted by Gasteiger charge is -2.03. The van der Waals surface area contributed by atoms with Gasteiger partial charge >= 0.3 is 0 Å². The van der Waals surface area contributed by atoms with Gasteiger partial charge < -0.3 is 9.73 Å². The molecule has 0 saturated carbocycles. The van der Waals surface area contributed by atoms with E-state index in [9.17, 15) is 13.6 Å². The molecule has 0 aliphatic carbocycles. The van der Waals surface area contributed by atoms with Crippen molar-refractivity contribution in [3.05, 3.63) is 52.4 Å². The van der Waals surface area contributed by atoms with Crippen LogP contribution in [0.15, 0.2) is 39.4 Å². The van der Waals surface area contributed by atoms with Crippen LogP contribution in [-0.4, -0.2) is 5.91 Å². The van der Waals surface area contributed by atoms with E-state index in [2.05, 4.69) is 21.2 Å². The quantitative estimate of drug-likeness (QED) is 0.921. The molecular formula is C11H6BrF2NO2. The number of anilines is 1. The Hall–Kier alpha value is -1.69. The van der Waals surface area contributed by atoms with E-state index in [1.807, 2.05) is 0 Å². The van der Waals surface area contributed by atoms with Crippen LogP contribution in [0, 0.1) is 11.6 Å². The van der Waals surface area contributed by atoms with Gasteiger partial charge in [-0.1, -0.05) is 0 Å². The number of carbonyl (C=O) groups is 1. The summed E-state index contributed by atoms with van der Waals surface area (Å²) in [4.78, 5) is 11.6. The summed E-state index contributed by atoms with van der Waals surface area (Å²) in [6.07, 6.45) is 0. The Morgan fingerprint density at radius 3 is 2.35 bits per heavy atom. The highest BCUT2D eigenvalue weighted by atomic mass is 79.9. The second-order valence-electron chi connectivity index (χ2n) is 3.22. The van der Waals surface area contributed by atoms with Crippen LogP contribution < -0.4 is 5.32 Å². The molecular weight excluding hydrogens is 296 g/mol. The van der Waals surface area contributed by atoms with Crippen molar-refractivity contribution in [3.8, 4) is 0 Å². The number of hydrogen-bond acceptors (Lipinski definition) is 2. The van der Waals surface area contributed by atoms with Gasteiger partial charge in [-0.05, 0) is 40.2 Å². The smallest absolute Gasteiger partial charge is 0.291 e. The predicted octanol–water partition coefficient (Wildman–Crippen LogP) is 3.57. The molecule has 2 aromatic rings. The van der Waals surface area contributed by atoms with Gasteiger partial charge in [-0.3, -0.25) is 4.79 Å². The van der Waals surface area contributed by atoms with Crippen LogP contribution in [0.4, 0.5) is 14.5 Å². The van der Waals surface area contributed by atoms with Crippen molar-refractivity contribution in [1.29, 1.82) is 0 Å². The Morgan fingerprint density at radius 1 is 1.18 bits per heavy atom. The zero-order valence-corrected chi connectivity index (χ0v) is 9.92. The van der Waals surface area contributed by atoms with E-state index in [1.54, 1.807) is 6.07 Å². The number of rotatable bonds is 2. The Bertz CT molecular complexity index is 548. The minimum atomic E-state index is -0.763. The molecule has 88 valence electrons. The van der Waals surface area contributed by atoms with Gasteiger partial charge in [0.05, 0.1) is 0 Å². The number of benzene rings is 1. The van der Waals surface area contributed by atoms with Crippen molar-refractivity contribution in [2.24, 2.45) is 0 Å². The highest BCUT2D eigenvalue weighted by molar-refractivity contribution is 9.10. The molecule has 0 saturated heterocycles. The number of hydrogen-bond donors (Lipinski definition) is 1. The van der Waals surface area contributed by atoms with Gasteiger partial charge in [-0.2, -0.15) is 0 Å². The fourth-order valence-electron chi connectivity index (χ4n) is 1.26. The average Bonchev–Trinajstić information content (AvgIpc) is 2.63. The summed E-state index contributed by atoms with van der Waals surface area (Å²) in [6.45, 7) is 0. The van der Waals surface area contributed by atoms with Crippen molar-refractivity contribution in [1.82, 2.24) is 0 Å². The molecule has 2 rings (SSSR count). The normalized spacial score (nSPS) is 10.3. The fraction of sp³-hybridized carbons (Fsp3) is 0. The molecule has 0 unspecified atom stereocenters. The summed E-state index contributed by atoms with van der Waals surface area (Å²) in [5, 5.41) is 2.32. The van der Waals surface area contributed by atoms with E-state index in [0.717, 1.165) is 18.2 Å². The van der Waals surface area contributed by atoms with E-state index in [-0.39, 0.29) is 11.4 Å². The molecule has 0 fully saturated rings. The molecule has 17 heavy (non-hydrogen) atoms. The second-order valence-corrected chi connectivity index (χ2v) is 4.00. The summed E-state index contributed by atoms with van der Waals surface area (Å²) in [6, 6.07) is 5.73. The number of furan rings is 1. The lowest BCUT2D eigenvalue weighted by Crippen LogP contribution is -2.11. The Balaban J connectivity index is 2.18. The molecule has 0 aliphatic heterocycles. The minimum absolute atomic E-state index is 0.0278. The Labute approximate surface area is 104 Å². The first-order valence-electron chi connectivity index (χ1n) is 4.57. The maximum absolute atomic E-state index is 12.9. The molecule has 3 nitrogen and oxygen atoms in total. The lowest BCUT2D eigenvalue weighted by molar-refractivity contribution is 0.0995. The van der Waals surface area contributed by atoms with Gasteiger partial charge in [0.15, 0.2) is 10.4 Å². The molecule has 1 heterocycles. The summed E-state index contributed by atoms with van der Waals surface area (Å²) in [5.74, 6) is -2.07. The van der Waals surface area contributed by atoms with Crippen LogP contribution >= 0.6 is 15.9 Å². The molecule has 1 amide bonds. The second kappa shape index (κ2) is 4.67. The molecule has 1 aromatic heterocycles. The largest absolute Gasteiger partial charge is 0.444 e. The maximum Gasteiger partial charge on any atom is 0.291 e. The highest BCUT2D eigenvalue weighted by Gasteiger charge is 2.11. The van der Waals surface area contributed by atoms with Gasteiger partial charge in [-0.25, -0.2) is 8.78 Å². The Kier molecular flexibility index (Phi) is 3.23. The van der Waals surface area contributed by atoms with Crippen LogP contribution in [0.3, 0.4) is 0 Å². The monoisotopic (exact) mass is 301 g/mol. The zero-order chi connectivity index (χ0) is 12.4. The third kappa shape index (κ3) is 2.91. The summed E-state index contributed by atoms with van der Waals surface area (Å²) in [7, 11) is 0. The molecule has 0 radical (unpaired) electrons. The van der Waals surface area contributed by atoms with Gasteiger partial charge in [0.1, 0.15) is 11.6 Å². The van der Waals surface area contributed by atoms with Crippen LogP contribution in [0.25, 0.3) is 0 Å². The van der Waals surface area contributed by atoms with Gasteiger partial charge in [0.2, 0.25) is 0 Å². The van der Waals surface area contributed by atoms with E-state index in [1.165, 1.54) is 6.07 Å². The maximum atomic E-state index is 12.9. The summed E-state index contributed by atoms with van der Waals surface area (Å²) >= 11 is 3.04. The van der Waals surface area contributed by atoms with Crippen molar-refractivity contribution < 1.29 is 18.0 Å². The van der Waals surface area contributed by atoms with Gasteiger partial charge in [0.25, 0.3) is 5.91 Å². The molecule has 0 bridgehead atoms. The minimum Gasteiger partial charge on any atom is -0.444 e. The topological polar surface area (TPSA) is 42.2 Å². The molecule has 0 atom stereocenters. The molecule has 0 spiro atoms. The van der Waals surface area contributed by atoms with Crippen molar-refractivity contribution in [2.45, 2.75) is 0 Å². The SMILES string of the molecule is O=C(Nc1cc(F)cc(F)c1)c1ccc(Br)o1. The summed E-state index contributed by atoms with van der Waals surface area (Å²) in [5.41, 5.74) is 0.0278. The standard InChI is InChI=1S/C11H6BrF2NO2/c12-10-2-1-9(17-10)11(16)15-8-4-6(13)3-7(14)5-8/h1-5H,(H,15,16). The molecule has 1 N–H and O–H groups in total. The van der Waals surface area contributed by atoms with Crippen LogP contribution in [0.2, 0.25) is 0 Å².